The number of carbonyl (C=O) groups excluding carboxylic acids is 1. The number of nitrogens with zero attached hydrogens (tertiary/aromatic N) is 2. The van der Waals surface area contributed by atoms with Gasteiger partial charge in [0, 0.05) is 12.1 Å². The molecule has 2 N–H and O–H groups in total. The van der Waals surface area contributed by atoms with Crippen LogP contribution in [0.1, 0.15) is 49.8 Å². The van der Waals surface area contributed by atoms with E-state index in [2.05, 4.69) is 17.2 Å². The van der Waals surface area contributed by atoms with Crippen molar-refractivity contribution >= 4 is 17.3 Å². The minimum Gasteiger partial charge on any atom is -0.372 e. The summed E-state index contributed by atoms with van der Waals surface area (Å²) in [4.78, 5) is 15.5. The number of aliphatic hydroxyl groups is 1. The fraction of sp³-hybridized carbons (Fsp3) is 0.500. The highest BCUT2D eigenvalue weighted by molar-refractivity contribution is 5.83. The summed E-state index contributed by atoms with van der Waals surface area (Å²) in [5, 5.41) is 13.5. The molecule has 0 saturated heterocycles. The summed E-state index contributed by atoms with van der Waals surface area (Å²) in [6.45, 7) is 7.21. The highest BCUT2D eigenvalue weighted by Gasteiger charge is 2.22. The number of aryl methyl sites for hydroxylation is 1. The maximum Gasteiger partial charge on any atom is 0.185 e. The van der Waals surface area contributed by atoms with E-state index < -0.39 is 5.72 Å². The standard InChI is InChI=1S/C16H23N3O2/c1-4-6-9-19-14-10-12(16(3,21)17-5-2)7-8-13(14)18-15(19)11-20/h7-8,10-11,17,21H,4-6,9H2,1-3H3. The zero-order chi connectivity index (χ0) is 15.5. The average Bonchev–Trinajstić information content (AvgIpc) is 2.81. The van der Waals surface area contributed by atoms with Gasteiger partial charge in [-0.1, -0.05) is 26.3 Å². The van der Waals surface area contributed by atoms with E-state index in [4.69, 9.17) is 0 Å². The van der Waals surface area contributed by atoms with E-state index in [9.17, 15) is 9.90 Å². The molecule has 21 heavy (non-hydrogen) atoms. The van der Waals surface area contributed by atoms with Crippen LogP contribution in [0, 0.1) is 0 Å². The van der Waals surface area contributed by atoms with Gasteiger partial charge in [-0.15, -0.1) is 0 Å². The molecule has 0 bridgehead atoms. The van der Waals surface area contributed by atoms with Crippen molar-refractivity contribution in [1.82, 2.24) is 14.9 Å². The van der Waals surface area contributed by atoms with Crippen molar-refractivity contribution in [2.75, 3.05) is 6.54 Å². The second-order valence-electron chi connectivity index (χ2n) is 5.40. The Morgan fingerprint density at radius 3 is 2.81 bits per heavy atom. The molecule has 1 atom stereocenters. The van der Waals surface area contributed by atoms with Crippen molar-refractivity contribution in [3.8, 4) is 0 Å². The maximum atomic E-state index is 11.2. The fourth-order valence-corrected chi connectivity index (χ4v) is 2.53. The summed E-state index contributed by atoms with van der Waals surface area (Å²) < 4.78 is 1.93. The molecule has 5 heteroatoms. The van der Waals surface area contributed by atoms with Crippen molar-refractivity contribution in [3.63, 3.8) is 0 Å². The number of fused-ring (bicyclic) bond motifs is 1. The first-order valence-electron chi connectivity index (χ1n) is 7.46. The molecule has 0 amide bonds. The van der Waals surface area contributed by atoms with Crippen molar-refractivity contribution in [2.24, 2.45) is 0 Å². The summed E-state index contributed by atoms with van der Waals surface area (Å²) in [6.07, 6.45) is 2.82. The lowest BCUT2D eigenvalue weighted by molar-refractivity contribution is 0.0220. The van der Waals surface area contributed by atoms with Gasteiger partial charge in [-0.3, -0.25) is 10.1 Å². The Morgan fingerprint density at radius 1 is 1.43 bits per heavy atom. The molecule has 5 nitrogen and oxygen atoms in total. The molecular weight excluding hydrogens is 266 g/mol. The lowest BCUT2D eigenvalue weighted by atomic mass is 10.0. The zero-order valence-electron chi connectivity index (χ0n) is 12.9. The van der Waals surface area contributed by atoms with Gasteiger partial charge in [0.2, 0.25) is 0 Å². The lowest BCUT2D eigenvalue weighted by Crippen LogP contribution is -2.39. The monoisotopic (exact) mass is 289 g/mol. The van der Waals surface area contributed by atoms with Crippen LogP contribution in [-0.4, -0.2) is 27.5 Å². The van der Waals surface area contributed by atoms with Crippen LogP contribution in [0.2, 0.25) is 0 Å². The number of aromatic nitrogens is 2. The van der Waals surface area contributed by atoms with E-state index in [0.29, 0.717) is 12.4 Å². The molecule has 1 unspecified atom stereocenters. The molecule has 1 aromatic heterocycles. The van der Waals surface area contributed by atoms with E-state index in [1.54, 1.807) is 6.92 Å². The molecule has 0 spiro atoms. The third-order valence-corrected chi connectivity index (χ3v) is 3.70. The Morgan fingerprint density at radius 2 is 2.19 bits per heavy atom. The summed E-state index contributed by atoms with van der Waals surface area (Å²) in [6, 6.07) is 5.61. The number of unbranched alkanes of at least 4 members (excludes halogenated alkanes) is 1. The molecule has 2 aromatic rings. The molecule has 2 rings (SSSR count). The van der Waals surface area contributed by atoms with E-state index in [1.807, 2.05) is 29.7 Å². The smallest absolute Gasteiger partial charge is 0.185 e. The predicted molar refractivity (Wildman–Crippen MR) is 83.3 cm³/mol. The molecule has 0 radical (unpaired) electrons. The summed E-state index contributed by atoms with van der Waals surface area (Å²) in [7, 11) is 0. The van der Waals surface area contributed by atoms with Gasteiger partial charge in [0.15, 0.2) is 12.1 Å². The van der Waals surface area contributed by atoms with Gasteiger partial charge in [0.25, 0.3) is 0 Å². The van der Waals surface area contributed by atoms with E-state index in [-0.39, 0.29) is 0 Å². The van der Waals surface area contributed by atoms with E-state index >= 15 is 0 Å². The van der Waals surface area contributed by atoms with Gasteiger partial charge in [0.05, 0.1) is 11.0 Å². The Kier molecular flexibility index (Phi) is 4.75. The fourth-order valence-electron chi connectivity index (χ4n) is 2.53. The van der Waals surface area contributed by atoms with Crippen LogP contribution in [0.3, 0.4) is 0 Å². The highest BCUT2D eigenvalue weighted by Crippen LogP contribution is 2.24. The largest absolute Gasteiger partial charge is 0.372 e. The first-order valence-corrected chi connectivity index (χ1v) is 7.46. The van der Waals surface area contributed by atoms with Gasteiger partial charge < -0.3 is 9.67 Å². The van der Waals surface area contributed by atoms with E-state index in [1.165, 1.54) is 0 Å². The predicted octanol–water partition coefficient (Wildman–Crippen LogP) is 2.42. The third-order valence-electron chi connectivity index (χ3n) is 3.70. The minimum atomic E-state index is -1.09. The summed E-state index contributed by atoms with van der Waals surface area (Å²) in [5.74, 6) is 0.443. The topological polar surface area (TPSA) is 67.2 Å². The molecule has 0 fully saturated rings. The maximum absolute atomic E-state index is 11.2. The first kappa shape index (κ1) is 15.7. The lowest BCUT2D eigenvalue weighted by Gasteiger charge is -2.24. The van der Waals surface area contributed by atoms with Crippen LogP contribution in [-0.2, 0) is 12.3 Å². The van der Waals surface area contributed by atoms with Crippen LogP contribution in [0.25, 0.3) is 11.0 Å². The minimum absolute atomic E-state index is 0.443. The quantitative estimate of drug-likeness (QED) is 0.607. The molecule has 0 aliphatic heterocycles. The first-order chi connectivity index (χ1) is 10.0. The second kappa shape index (κ2) is 6.37. The number of hydrogen-bond acceptors (Lipinski definition) is 4. The normalized spacial score (nSPS) is 14.3. The zero-order valence-corrected chi connectivity index (χ0v) is 12.9. The van der Waals surface area contributed by atoms with Crippen molar-refractivity contribution < 1.29 is 9.90 Å². The number of hydrogen-bond donors (Lipinski definition) is 2. The number of rotatable bonds is 7. The van der Waals surface area contributed by atoms with Crippen LogP contribution < -0.4 is 5.32 Å². The Bertz CT molecular complexity index is 632. The Labute approximate surface area is 125 Å². The number of nitrogens with one attached hydrogen (secondary N) is 1. The van der Waals surface area contributed by atoms with Crippen LogP contribution in [0.5, 0.6) is 0 Å². The SMILES string of the molecule is CCCCn1c(C=O)nc2ccc(C(C)(O)NCC)cc21. The van der Waals surface area contributed by atoms with Gasteiger partial charge in [-0.25, -0.2) is 4.98 Å². The van der Waals surface area contributed by atoms with Gasteiger partial charge in [-0.05, 0) is 32.0 Å². The molecule has 1 heterocycles. The van der Waals surface area contributed by atoms with Gasteiger partial charge in [-0.2, -0.15) is 0 Å². The Hall–Kier alpha value is -1.72. The Balaban J connectivity index is 2.52. The van der Waals surface area contributed by atoms with Crippen LogP contribution in [0.4, 0.5) is 0 Å². The molecular formula is C16H23N3O2. The average molecular weight is 289 g/mol. The second-order valence-corrected chi connectivity index (χ2v) is 5.40. The number of benzene rings is 1. The van der Waals surface area contributed by atoms with Crippen molar-refractivity contribution in [1.29, 1.82) is 0 Å². The number of carbonyl (C=O) groups is 1. The molecule has 0 saturated carbocycles. The molecule has 1 aromatic carbocycles. The van der Waals surface area contributed by atoms with Crippen LogP contribution >= 0.6 is 0 Å². The summed E-state index contributed by atoms with van der Waals surface area (Å²) in [5.41, 5.74) is 1.35. The molecule has 0 aliphatic carbocycles. The third kappa shape index (κ3) is 3.14. The van der Waals surface area contributed by atoms with Crippen LogP contribution in [0.15, 0.2) is 18.2 Å². The molecule has 114 valence electrons. The van der Waals surface area contributed by atoms with Crippen molar-refractivity contribution in [3.05, 3.63) is 29.6 Å². The van der Waals surface area contributed by atoms with Gasteiger partial charge >= 0.3 is 0 Å². The summed E-state index contributed by atoms with van der Waals surface area (Å²) >= 11 is 0. The van der Waals surface area contributed by atoms with Gasteiger partial charge in [0.1, 0.15) is 5.72 Å². The number of imidazole rings is 1. The number of aldehydes is 1. The highest BCUT2D eigenvalue weighted by atomic mass is 16.3. The molecule has 0 aliphatic rings. The van der Waals surface area contributed by atoms with E-state index in [0.717, 1.165) is 42.3 Å². The van der Waals surface area contributed by atoms with Crippen molar-refractivity contribution in [2.45, 2.75) is 45.9 Å².